The van der Waals surface area contributed by atoms with E-state index < -0.39 is 12.7 Å². The van der Waals surface area contributed by atoms with Gasteiger partial charge >= 0.3 is 6.61 Å². The van der Waals surface area contributed by atoms with Crippen molar-refractivity contribution in [3.8, 4) is 5.75 Å². The highest BCUT2D eigenvalue weighted by molar-refractivity contribution is 5.95. The second-order valence-corrected chi connectivity index (χ2v) is 5.93. The average molecular weight is 362 g/mol. The van der Waals surface area contributed by atoms with Gasteiger partial charge in [-0.05, 0) is 23.8 Å². The van der Waals surface area contributed by atoms with Crippen LogP contribution in [-0.4, -0.2) is 38.3 Å². The van der Waals surface area contributed by atoms with Crippen LogP contribution in [0.25, 0.3) is 0 Å². The second kappa shape index (κ2) is 8.73. The van der Waals surface area contributed by atoms with Gasteiger partial charge in [-0.2, -0.15) is 8.78 Å². The molecule has 0 bridgehead atoms. The molecule has 1 fully saturated rings. The Morgan fingerprint density at radius 2 is 2.08 bits per heavy atom. The van der Waals surface area contributed by atoms with E-state index in [0.29, 0.717) is 37.4 Å². The maximum Gasteiger partial charge on any atom is 0.387 e. The van der Waals surface area contributed by atoms with Crippen LogP contribution in [0.5, 0.6) is 5.75 Å². The second-order valence-electron chi connectivity index (χ2n) is 5.93. The van der Waals surface area contributed by atoms with E-state index in [1.165, 1.54) is 6.07 Å². The molecule has 1 amide bonds. The van der Waals surface area contributed by atoms with Crippen molar-refractivity contribution in [2.75, 3.05) is 25.1 Å². The number of hydrogen-bond acceptors (Lipinski definition) is 4. The topological polar surface area (TPSA) is 59.6 Å². The van der Waals surface area contributed by atoms with Crippen molar-refractivity contribution in [1.82, 2.24) is 5.32 Å². The quantitative estimate of drug-likeness (QED) is 0.830. The number of nitrogens with one attached hydrogen (secondary N) is 2. The van der Waals surface area contributed by atoms with Crippen LogP contribution in [0.4, 0.5) is 14.5 Å². The zero-order chi connectivity index (χ0) is 18.4. The number of carbonyl (C=O) groups excluding carboxylic acids is 1. The fourth-order valence-corrected chi connectivity index (χ4v) is 2.79. The Balaban J connectivity index is 1.78. The summed E-state index contributed by atoms with van der Waals surface area (Å²) in [6.07, 6.45) is 0.414. The minimum atomic E-state index is -2.91. The highest BCUT2D eigenvalue weighted by atomic mass is 19.3. The number of benzene rings is 2. The minimum Gasteiger partial charge on any atom is -0.435 e. The summed E-state index contributed by atoms with van der Waals surface area (Å²) in [7, 11) is 0. The van der Waals surface area contributed by atoms with Crippen molar-refractivity contribution in [1.29, 1.82) is 0 Å². The molecule has 1 aliphatic rings. The van der Waals surface area contributed by atoms with Gasteiger partial charge in [0.1, 0.15) is 11.8 Å². The predicted octanol–water partition coefficient (Wildman–Crippen LogP) is 2.81. The Morgan fingerprint density at radius 3 is 2.77 bits per heavy atom. The molecule has 2 aromatic carbocycles. The van der Waals surface area contributed by atoms with Crippen molar-refractivity contribution in [2.45, 2.75) is 19.1 Å². The SMILES string of the molecule is O=C(Nc1ccc(OC(F)F)c(Cc2ccccc2)c1)C1COCCN1. The first-order chi connectivity index (χ1) is 12.6. The van der Waals surface area contributed by atoms with Gasteiger partial charge in [0, 0.05) is 24.2 Å². The van der Waals surface area contributed by atoms with Gasteiger partial charge in [0.05, 0.1) is 13.2 Å². The summed E-state index contributed by atoms with van der Waals surface area (Å²) in [5.41, 5.74) is 2.05. The zero-order valence-corrected chi connectivity index (χ0v) is 14.1. The number of halogens is 2. The molecule has 1 aliphatic heterocycles. The van der Waals surface area contributed by atoms with Gasteiger partial charge in [-0.1, -0.05) is 30.3 Å². The van der Waals surface area contributed by atoms with Gasteiger partial charge < -0.3 is 20.1 Å². The maximum atomic E-state index is 12.7. The van der Waals surface area contributed by atoms with E-state index in [1.54, 1.807) is 12.1 Å². The van der Waals surface area contributed by atoms with Crippen LogP contribution < -0.4 is 15.4 Å². The Labute approximate surface area is 150 Å². The van der Waals surface area contributed by atoms with Crippen LogP contribution in [0.1, 0.15) is 11.1 Å². The molecule has 2 aromatic rings. The van der Waals surface area contributed by atoms with E-state index in [0.717, 1.165) is 5.56 Å². The Hall–Kier alpha value is -2.51. The molecule has 1 heterocycles. The molecule has 0 aliphatic carbocycles. The van der Waals surface area contributed by atoms with Gasteiger partial charge in [-0.25, -0.2) is 0 Å². The van der Waals surface area contributed by atoms with E-state index in [9.17, 15) is 13.6 Å². The lowest BCUT2D eigenvalue weighted by Crippen LogP contribution is -2.48. The first-order valence-electron chi connectivity index (χ1n) is 8.35. The largest absolute Gasteiger partial charge is 0.435 e. The third-order valence-electron chi connectivity index (χ3n) is 4.02. The van der Waals surface area contributed by atoms with Crippen molar-refractivity contribution in [2.24, 2.45) is 0 Å². The van der Waals surface area contributed by atoms with Crippen LogP contribution in [0.3, 0.4) is 0 Å². The molecule has 1 saturated heterocycles. The van der Waals surface area contributed by atoms with E-state index in [-0.39, 0.29) is 11.7 Å². The molecule has 0 aromatic heterocycles. The molecule has 138 valence electrons. The number of amides is 1. The third-order valence-corrected chi connectivity index (χ3v) is 4.02. The summed E-state index contributed by atoms with van der Waals surface area (Å²) in [6.45, 7) is -1.42. The molecule has 2 N–H and O–H groups in total. The first-order valence-corrected chi connectivity index (χ1v) is 8.35. The van der Waals surface area contributed by atoms with Gasteiger partial charge in [0.25, 0.3) is 0 Å². The molecule has 0 spiro atoms. The number of morpholine rings is 1. The molecule has 3 rings (SSSR count). The van der Waals surface area contributed by atoms with Crippen LogP contribution in [0.2, 0.25) is 0 Å². The predicted molar refractivity (Wildman–Crippen MR) is 93.6 cm³/mol. The highest BCUT2D eigenvalue weighted by Crippen LogP contribution is 2.27. The van der Waals surface area contributed by atoms with Gasteiger partial charge in [-0.3, -0.25) is 4.79 Å². The summed E-state index contributed by atoms with van der Waals surface area (Å²) >= 11 is 0. The van der Waals surface area contributed by atoms with Crippen molar-refractivity contribution in [3.05, 3.63) is 59.7 Å². The van der Waals surface area contributed by atoms with Gasteiger partial charge in [0.2, 0.25) is 5.91 Å². The standard InChI is InChI=1S/C19H20F2N2O3/c20-19(21)26-17-7-6-15(23-18(24)16-12-25-9-8-22-16)11-14(17)10-13-4-2-1-3-5-13/h1-7,11,16,19,22H,8-10,12H2,(H,23,24). The number of alkyl halides is 2. The monoisotopic (exact) mass is 362 g/mol. The maximum absolute atomic E-state index is 12.7. The lowest BCUT2D eigenvalue weighted by Gasteiger charge is -2.23. The van der Waals surface area contributed by atoms with E-state index in [4.69, 9.17) is 4.74 Å². The van der Waals surface area contributed by atoms with Crippen LogP contribution >= 0.6 is 0 Å². The molecule has 1 unspecified atom stereocenters. The molecule has 1 atom stereocenters. The van der Waals surface area contributed by atoms with Crippen LogP contribution in [0, 0.1) is 0 Å². The summed E-state index contributed by atoms with van der Waals surface area (Å²) in [4.78, 5) is 12.3. The Kier molecular flexibility index (Phi) is 6.14. The molecule has 26 heavy (non-hydrogen) atoms. The van der Waals surface area contributed by atoms with Crippen molar-refractivity contribution in [3.63, 3.8) is 0 Å². The van der Waals surface area contributed by atoms with E-state index in [1.807, 2.05) is 30.3 Å². The Bertz CT molecular complexity index is 735. The summed E-state index contributed by atoms with van der Waals surface area (Å²) in [5.74, 6) is -0.126. The fourth-order valence-electron chi connectivity index (χ4n) is 2.79. The zero-order valence-electron chi connectivity index (χ0n) is 14.1. The lowest BCUT2D eigenvalue weighted by atomic mass is 10.0. The van der Waals surface area contributed by atoms with Crippen LogP contribution in [-0.2, 0) is 16.0 Å². The number of anilines is 1. The smallest absolute Gasteiger partial charge is 0.387 e. The Morgan fingerprint density at radius 1 is 1.27 bits per heavy atom. The average Bonchev–Trinajstić information content (AvgIpc) is 2.65. The molecule has 7 heteroatoms. The van der Waals surface area contributed by atoms with Crippen LogP contribution in [0.15, 0.2) is 48.5 Å². The molecular weight excluding hydrogens is 342 g/mol. The number of hydrogen-bond donors (Lipinski definition) is 2. The minimum absolute atomic E-state index is 0.0981. The fraction of sp³-hybridized carbons (Fsp3) is 0.316. The summed E-state index contributed by atoms with van der Waals surface area (Å²) in [6, 6.07) is 13.7. The van der Waals surface area contributed by atoms with Crippen molar-refractivity contribution < 1.29 is 23.0 Å². The van der Waals surface area contributed by atoms with Crippen molar-refractivity contribution >= 4 is 11.6 Å². The molecule has 5 nitrogen and oxygen atoms in total. The summed E-state index contributed by atoms with van der Waals surface area (Å²) < 4.78 is 35.3. The third kappa shape index (κ3) is 5.00. The van der Waals surface area contributed by atoms with Gasteiger partial charge in [-0.15, -0.1) is 0 Å². The first kappa shape index (κ1) is 18.3. The lowest BCUT2D eigenvalue weighted by molar-refractivity contribution is -0.120. The number of rotatable bonds is 6. The normalized spacial score (nSPS) is 17.1. The van der Waals surface area contributed by atoms with Gasteiger partial charge in [0.15, 0.2) is 0 Å². The molecular formula is C19H20F2N2O3. The number of ether oxygens (including phenoxy) is 2. The molecule has 0 saturated carbocycles. The van der Waals surface area contributed by atoms with E-state index in [2.05, 4.69) is 15.4 Å². The highest BCUT2D eigenvalue weighted by Gasteiger charge is 2.21. The molecule has 0 radical (unpaired) electrons. The summed E-state index contributed by atoms with van der Waals surface area (Å²) in [5, 5.41) is 5.86. The number of carbonyl (C=O) groups is 1. The van der Waals surface area contributed by atoms with E-state index >= 15 is 0 Å².